The Bertz CT molecular complexity index is 481. The average Bonchev–Trinajstić information content (AvgIpc) is 2.76. The first kappa shape index (κ1) is 13.0. The molecule has 1 saturated heterocycles. The first-order valence-electron chi connectivity index (χ1n) is 5.82. The van der Waals surface area contributed by atoms with E-state index in [1.165, 1.54) is 11.3 Å². The first-order chi connectivity index (χ1) is 8.04. The third-order valence-corrected chi connectivity index (χ3v) is 6.48. The number of hydrogen-bond acceptors (Lipinski definition) is 5. The molecule has 1 aliphatic heterocycles. The van der Waals surface area contributed by atoms with Gasteiger partial charge in [-0.05, 0) is 12.8 Å². The van der Waals surface area contributed by atoms with Crippen molar-refractivity contribution < 1.29 is 13.5 Å². The van der Waals surface area contributed by atoms with Crippen molar-refractivity contribution in [2.75, 3.05) is 12.4 Å². The van der Waals surface area contributed by atoms with E-state index < -0.39 is 15.1 Å². The molecule has 0 bridgehead atoms. The number of thiazole rings is 1. The molecule has 0 amide bonds. The molecule has 17 heavy (non-hydrogen) atoms. The van der Waals surface area contributed by atoms with Crippen molar-refractivity contribution in [1.29, 1.82) is 0 Å². The Labute approximate surface area is 106 Å². The number of aliphatic hydroxyl groups is 1. The minimum Gasteiger partial charge on any atom is -0.396 e. The smallest absolute Gasteiger partial charge is 0.159 e. The number of aliphatic hydroxyl groups excluding tert-OH is 1. The zero-order valence-electron chi connectivity index (χ0n) is 9.80. The molecular formula is C11H17NO3S2. The van der Waals surface area contributed by atoms with E-state index in [1.54, 1.807) is 0 Å². The lowest BCUT2D eigenvalue weighted by Crippen LogP contribution is -2.21. The first-order valence-corrected chi connectivity index (χ1v) is 8.42. The van der Waals surface area contributed by atoms with Gasteiger partial charge in [-0.3, -0.25) is 0 Å². The van der Waals surface area contributed by atoms with Crippen LogP contribution in [0.4, 0.5) is 0 Å². The number of sulfone groups is 1. The van der Waals surface area contributed by atoms with Crippen LogP contribution in [0.3, 0.4) is 0 Å². The van der Waals surface area contributed by atoms with Crippen LogP contribution in [0.2, 0.25) is 0 Å². The second kappa shape index (κ2) is 5.04. The van der Waals surface area contributed by atoms with Crippen LogP contribution in [0, 0.1) is 0 Å². The second-order valence-corrected chi connectivity index (χ2v) is 7.74. The number of rotatable bonds is 3. The van der Waals surface area contributed by atoms with Crippen molar-refractivity contribution in [2.24, 2.45) is 0 Å². The summed E-state index contributed by atoms with van der Waals surface area (Å²) in [6.07, 6.45) is 2.40. The van der Waals surface area contributed by atoms with E-state index in [2.05, 4.69) is 4.98 Å². The zero-order valence-corrected chi connectivity index (χ0v) is 11.4. The zero-order chi connectivity index (χ0) is 12.5. The van der Waals surface area contributed by atoms with Gasteiger partial charge in [-0.25, -0.2) is 13.4 Å². The van der Waals surface area contributed by atoms with E-state index in [9.17, 15) is 8.42 Å². The fourth-order valence-corrected chi connectivity index (χ4v) is 5.34. The summed E-state index contributed by atoms with van der Waals surface area (Å²) in [6, 6.07) is 0. The van der Waals surface area contributed by atoms with E-state index in [1.807, 2.05) is 12.3 Å². The fraction of sp³-hybridized carbons (Fsp3) is 0.727. The van der Waals surface area contributed by atoms with Gasteiger partial charge in [0, 0.05) is 11.3 Å². The number of hydrogen-bond donors (Lipinski definition) is 1. The monoisotopic (exact) mass is 275 g/mol. The Morgan fingerprint density at radius 2 is 2.35 bits per heavy atom. The third kappa shape index (κ3) is 2.69. The van der Waals surface area contributed by atoms with Crippen molar-refractivity contribution in [3.8, 4) is 0 Å². The van der Waals surface area contributed by atoms with Gasteiger partial charge >= 0.3 is 0 Å². The maximum Gasteiger partial charge on any atom is 0.159 e. The molecule has 96 valence electrons. The van der Waals surface area contributed by atoms with Gasteiger partial charge in [0.15, 0.2) is 9.84 Å². The molecule has 2 atom stereocenters. The highest BCUT2D eigenvalue weighted by atomic mass is 32.2. The summed E-state index contributed by atoms with van der Waals surface area (Å²) in [5.74, 6) is 0.258. The quantitative estimate of drug-likeness (QED) is 0.914. The highest BCUT2D eigenvalue weighted by Gasteiger charge is 2.32. The Kier molecular flexibility index (Phi) is 3.85. The lowest BCUT2D eigenvalue weighted by molar-refractivity contribution is 0.271. The van der Waals surface area contributed by atoms with E-state index in [0.29, 0.717) is 11.4 Å². The normalized spacial score (nSPS) is 25.6. The summed E-state index contributed by atoms with van der Waals surface area (Å²) in [5.41, 5.74) is 0.799. The van der Waals surface area contributed by atoms with Crippen molar-refractivity contribution in [2.45, 2.75) is 37.4 Å². The molecule has 1 N–H and O–H groups in total. The van der Waals surface area contributed by atoms with Crippen LogP contribution in [0.15, 0.2) is 5.38 Å². The summed E-state index contributed by atoms with van der Waals surface area (Å²) in [7, 11) is -3.01. The largest absolute Gasteiger partial charge is 0.396 e. The van der Waals surface area contributed by atoms with Gasteiger partial charge in [-0.1, -0.05) is 13.3 Å². The van der Waals surface area contributed by atoms with Gasteiger partial charge in [0.05, 0.1) is 18.1 Å². The van der Waals surface area contributed by atoms with Crippen molar-refractivity contribution >= 4 is 21.2 Å². The number of nitrogens with zero attached hydrogens (tertiary/aromatic N) is 1. The lowest BCUT2D eigenvalue weighted by atomic mass is 10.1. The molecule has 2 heterocycles. The molecule has 1 fully saturated rings. The second-order valence-electron chi connectivity index (χ2n) is 4.55. The minimum absolute atomic E-state index is 0.0219. The fourth-order valence-electron chi connectivity index (χ4n) is 2.00. The molecule has 0 aromatic carbocycles. The van der Waals surface area contributed by atoms with Crippen molar-refractivity contribution in [3.05, 3.63) is 16.1 Å². The summed E-state index contributed by atoms with van der Waals surface area (Å²) < 4.78 is 23.9. The molecule has 1 aliphatic rings. The Hall–Kier alpha value is -0.460. The van der Waals surface area contributed by atoms with Gasteiger partial charge in [0.1, 0.15) is 10.3 Å². The van der Waals surface area contributed by atoms with Crippen LogP contribution in [0.1, 0.15) is 48.1 Å². The molecule has 1 aromatic rings. The molecule has 6 heteroatoms. The predicted octanol–water partition coefficient (Wildman–Crippen LogP) is 1.88. The summed E-state index contributed by atoms with van der Waals surface area (Å²) in [6.45, 7) is 1.93. The summed E-state index contributed by atoms with van der Waals surface area (Å²) in [5, 5.41) is 11.2. The molecule has 2 unspecified atom stereocenters. The Morgan fingerprint density at radius 3 is 3.00 bits per heavy atom. The van der Waals surface area contributed by atoms with Gasteiger partial charge in [-0.2, -0.15) is 0 Å². The van der Waals surface area contributed by atoms with Crippen LogP contribution in [-0.4, -0.2) is 30.9 Å². The van der Waals surface area contributed by atoms with Crippen LogP contribution in [-0.2, 0) is 9.84 Å². The van der Waals surface area contributed by atoms with E-state index in [4.69, 9.17) is 5.11 Å². The van der Waals surface area contributed by atoms with E-state index in [-0.39, 0.29) is 18.3 Å². The molecule has 4 nitrogen and oxygen atoms in total. The molecule has 0 spiro atoms. The molecule has 0 radical (unpaired) electrons. The van der Waals surface area contributed by atoms with E-state index >= 15 is 0 Å². The summed E-state index contributed by atoms with van der Waals surface area (Å²) >= 11 is 1.40. The standard InChI is InChI=1S/C11H17NO3S2/c1-8(6-13)9-7-16-11(12-9)10-4-2-3-5-17(10,14)15/h7-8,10,13H,2-6H2,1H3. The molecule has 0 saturated carbocycles. The maximum absolute atomic E-state index is 11.9. The molecule has 1 aromatic heterocycles. The lowest BCUT2D eigenvalue weighted by Gasteiger charge is -2.20. The van der Waals surface area contributed by atoms with Gasteiger partial charge in [0.25, 0.3) is 0 Å². The topological polar surface area (TPSA) is 67.3 Å². The highest BCUT2D eigenvalue weighted by molar-refractivity contribution is 7.91. The highest BCUT2D eigenvalue weighted by Crippen LogP contribution is 2.35. The van der Waals surface area contributed by atoms with Gasteiger partial charge < -0.3 is 5.11 Å². The molecule has 2 rings (SSSR count). The average molecular weight is 275 g/mol. The van der Waals surface area contributed by atoms with Crippen molar-refractivity contribution in [3.63, 3.8) is 0 Å². The van der Waals surface area contributed by atoms with Crippen molar-refractivity contribution in [1.82, 2.24) is 4.98 Å². The predicted molar refractivity (Wildman–Crippen MR) is 68.0 cm³/mol. The van der Waals surface area contributed by atoms with E-state index in [0.717, 1.165) is 18.5 Å². The van der Waals surface area contributed by atoms with Crippen LogP contribution in [0.5, 0.6) is 0 Å². The Morgan fingerprint density at radius 1 is 1.59 bits per heavy atom. The molecular weight excluding hydrogens is 258 g/mol. The SMILES string of the molecule is CC(CO)c1csc(C2CCCCS2(=O)=O)n1. The summed E-state index contributed by atoms with van der Waals surface area (Å²) in [4.78, 5) is 4.38. The maximum atomic E-state index is 11.9. The van der Waals surface area contributed by atoms with Crippen LogP contribution in [0.25, 0.3) is 0 Å². The van der Waals surface area contributed by atoms with Gasteiger partial charge in [-0.15, -0.1) is 11.3 Å². The van der Waals surface area contributed by atoms with Crippen LogP contribution < -0.4 is 0 Å². The third-order valence-electron chi connectivity index (χ3n) is 3.17. The Balaban J connectivity index is 2.25. The number of aromatic nitrogens is 1. The van der Waals surface area contributed by atoms with Gasteiger partial charge in [0.2, 0.25) is 0 Å². The minimum atomic E-state index is -3.01. The van der Waals surface area contributed by atoms with Crippen LogP contribution >= 0.6 is 11.3 Å². The molecule has 0 aliphatic carbocycles.